The van der Waals surface area contributed by atoms with Crippen molar-refractivity contribution in [3.05, 3.63) is 89.5 Å². The number of hydrogen-bond donors (Lipinski definition) is 1. The van der Waals surface area contributed by atoms with E-state index in [4.69, 9.17) is 23.2 Å². The van der Waals surface area contributed by atoms with Gasteiger partial charge in [0.15, 0.2) is 9.75 Å². The number of phenols is 1. The van der Waals surface area contributed by atoms with Crippen LogP contribution in [0.5, 0.6) is 5.75 Å². The smallest absolute Gasteiger partial charge is 0.253 e. The molecule has 1 saturated carbocycles. The number of benzene rings is 3. The molecule has 2 aliphatic carbocycles. The van der Waals surface area contributed by atoms with Crippen molar-refractivity contribution in [2.24, 2.45) is 17.8 Å². The van der Waals surface area contributed by atoms with Crippen LogP contribution in [-0.2, 0) is 25.7 Å². The Morgan fingerprint density at radius 1 is 0.851 bits per heavy atom. The number of rotatable bonds is 4. The van der Waals surface area contributed by atoms with Gasteiger partial charge in [0.25, 0.3) is 11.8 Å². The molecule has 3 heterocycles. The minimum atomic E-state index is -1.95. The van der Waals surface area contributed by atoms with E-state index in [9.17, 15) is 24.3 Å². The number of amides is 4. The lowest BCUT2D eigenvalue weighted by Crippen LogP contribution is -2.60. The molecular weight excluding hydrogens is 637 g/mol. The zero-order valence-electron chi connectivity index (χ0n) is 25.9. The van der Waals surface area contributed by atoms with Gasteiger partial charge in [-0.25, -0.2) is 0 Å². The van der Waals surface area contributed by atoms with Crippen LogP contribution in [0.2, 0.25) is 0 Å². The van der Waals surface area contributed by atoms with Gasteiger partial charge in [-0.3, -0.25) is 33.9 Å². The number of piperidine rings is 1. The van der Waals surface area contributed by atoms with E-state index >= 15 is 0 Å². The highest BCUT2D eigenvalue weighted by Crippen LogP contribution is 2.66. The van der Waals surface area contributed by atoms with Crippen molar-refractivity contribution in [1.29, 1.82) is 0 Å². The summed E-state index contributed by atoms with van der Waals surface area (Å²) >= 11 is 14.7. The summed E-state index contributed by atoms with van der Waals surface area (Å²) in [5.74, 6) is -4.74. The van der Waals surface area contributed by atoms with Gasteiger partial charge in [0.1, 0.15) is 5.75 Å². The molecule has 242 valence electrons. The number of halogens is 2. The summed E-state index contributed by atoms with van der Waals surface area (Å²) in [7, 11) is 1.37. The molecule has 0 bridgehead atoms. The SMILES string of the molecule is CN1C(=O)C2(Cl)CC3C(=CCC4C(=O)N(C5CCN(Cc6ccccc6)CC5)C(=O)C43)C(c3c(O)ccc4ccccc34)C2(Cl)C1=O. The molecule has 6 unspecified atom stereocenters. The van der Waals surface area contributed by atoms with Gasteiger partial charge in [0.05, 0.1) is 11.8 Å². The lowest BCUT2D eigenvalue weighted by Gasteiger charge is -2.51. The van der Waals surface area contributed by atoms with Crippen LogP contribution in [0.1, 0.15) is 42.7 Å². The number of hydrogen-bond acceptors (Lipinski definition) is 6. The van der Waals surface area contributed by atoms with Crippen LogP contribution in [0, 0.1) is 17.8 Å². The van der Waals surface area contributed by atoms with Crippen molar-refractivity contribution in [3.63, 3.8) is 0 Å². The minimum absolute atomic E-state index is 0.0651. The molecule has 10 heteroatoms. The van der Waals surface area contributed by atoms with Crippen LogP contribution in [0.3, 0.4) is 0 Å². The third-order valence-corrected chi connectivity index (χ3v) is 12.9. The third-order valence-electron chi connectivity index (χ3n) is 11.5. The summed E-state index contributed by atoms with van der Waals surface area (Å²) in [6.07, 6.45) is 3.52. The van der Waals surface area contributed by atoms with E-state index in [1.807, 2.05) is 48.5 Å². The molecule has 6 atom stereocenters. The predicted octanol–water partition coefficient (Wildman–Crippen LogP) is 5.20. The Kier molecular flexibility index (Phi) is 7.10. The average molecular weight is 673 g/mol. The molecule has 3 saturated heterocycles. The zero-order valence-corrected chi connectivity index (χ0v) is 27.5. The van der Waals surface area contributed by atoms with Gasteiger partial charge in [-0.05, 0) is 54.0 Å². The molecule has 0 spiro atoms. The standard InChI is InChI=1S/C37H35Cl2N3O5/c1-40-34(46)36(38)19-27-25(31(37(36,39)35(40)47)30-24-10-6-5-9-22(24)11-14-28(30)43)12-13-26-29(27)33(45)42(32(26)44)23-15-17-41(18-16-23)20-21-7-3-2-4-8-21/h2-12,14,23,26-27,29,31,43H,13,15-20H2,1H3. The molecule has 4 amide bonds. The summed E-state index contributed by atoms with van der Waals surface area (Å²) < 4.78 is 0. The van der Waals surface area contributed by atoms with Crippen molar-refractivity contribution >= 4 is 57.6 Å². The number of phenolic OH excluding ortho intramolecular Hbond substituents is 1. The topological polar surface area (TPSA) is 98.2 Å². The molecule has 5 aliphatic rings. The molecule has 0 aromatic heterocycles. The maximum absolute atomic E-state index is 14.5. The maximum atomic E-state index is 14.5. The number of allylic oxidation sites excluding steroid dienone is 2. The minimum Gasteiger partial charge on any atom is -0.508 e. The van der Waals surface area contributed by atoms with E-state index in [1.54, 1.807) is 12.1 Å². The summed E-state index contributed by atoms with van der Waals surface area (Å²) in [5.41, 5.74) is 2.30. The van der Waals surface area contributed by atoms with Crippen molar-refractivity contribution in [2.75, 3.05) is 20.1 Å². The van der Waals surface area contributed by atoms with Gasteiger partial charge in [-0.2, -0.15) is 0 Å². The van der Waals surface area contributed by atoms with Crippen molar-refractivity contribution in [3.8, 4) is 5.75 Å². The zero-order chi connectivity index (χ0) is 32.8. The van der Waals surface area contributed by atoms with Crippen molar-refractivity contribution < 1.29 is 24.3 Å². The molecule has 4 fully saturated rings. The first-order valence-electron chi connectivity index (χ1n) is 16.3. The van der Waals surface area contributed by atoms with Crippen LogP contribution in [0.4, 0.5) is 0 Å². The molecule has 8 rings (SSSR count). The van der Waals surface area contributed by atoms with E-state index in [0.717, 1.165) is 29.9 Å². The number of carbonyl (C=O) groups excluding carboxylic acids is 4. The molecule has 1 N–H and O–H groups in total. The average Bonchev–Trinajstić information content (AvgIpc) is 3.41. The van der Waals surface area contributed by atoms with E-state index in [-0.39, 0.29) is 30.0 Å². The Balaban J connectivity index is 1.16. The van der Waals surface area contributed by atoms with Gasteiger partial charge < -0.3 is 5.11 Å². The highest BCUT2D eigenvalue weighted by atomic mass is 35.5. The Morgan fingerprint density at radius 3 is 2.30 bits per heavy atom. The summed E-state index contributed by atoms with van der Waals surface area (Å²) in [5, 5.41) is 12.9. The Hall–Kier alpha value is -3.72. The first-order valence-corrected chi connectivity index (χ1v) is 17.1. The molecular formula is C37H35Cl2N3O5. The van der Waals surface area contributed by atoms with E-state index in [0.29, 0.717) is 35.8 Å². The Morgan fingerprint density at radius 2 is 1.55 bits per heavy atom. The number of imide groups is 2. The number of fused-ring (bicyclic) bond motifs is 5. The largest absolute Gasteiger partial charge is 0.508 e. The summed E-state index contributed by atoms with van der Waals surface area (Å²) in [6.45, 7) is 2.35. The van der Waals surface area contributed by atoms with Crippen molar-refractivity contribution in [2.45, 2.75) is 53.9 Å². The van der Waals surface area contributed by atoms with Gasteiger partial charge in [-0.15, -0.1) is 23.2 Å². The van der Waals surface area contributed by atoms with Crippen LogP contribution >= 0.6 is 23.2 Å². The van der Waals surface area contributed by atoms with Crippen LogP contribution < -0.4 is 0 Å². The first-order chi connectivity index (χ1) is 22.6. The van der Waals surface area contributed by atoms with Gasteiger partial charge >= 0.3 is 0 Å². The summed E-state index contributed by atoms with van der Waals surface area (Å²) in [6, 6.07) is 20.8. The molecule has 3 aliphatic heterocycles. The van der Waals surface area contributed by atoms with Gasteiger partial charge in [-0.1, -0.05) is 72.3 Å². The van der Waals surface area contributed by atoms with Crippen LogP contribution in [-0.4, -0.2) is 79.4 Å². The quantitative estimate of drug-likeness (QED) is 0.233. The fourth-order valence-electron chi connectivity index (χ4n) is 9.21. The number of nitrogens with zero attached hydrogens (tertiary/aromatic N) is 3. The van der Waals surface area contributed by atoms with Crippen molar-refractivity contribution in [1.82, 2.24) is 14.7 Å². The molecule has 8 nitrogen and oxygen atoms in total. The number of carbonyl (C=O) groups is 4. The molecule has 47 heavy (non-hydrogen) atoms. The number of alkyl halides is 2. The fourth-order valence-corrected chi connectivity index (χ4v) is 10.2. The summed E-state index contributed by atoms with van der Waals surface area (Å²) in [4.78, 5) is 57.3. The molecule has 0 radical (unpaired) electrons. The molecule has 3 aromatic rings. The maximum Gasteiger partial charge on any atom is 0.253 e. The Labute approximate surface area is 282 Å². The van der Waals surface area contributed by atoms with Gasteiger partial charge in [0, 0.05) is 44.2 Å². The Bertz CT molecular complexity index is 1870. The fraction of sp³-hybridized carbons (Fsp3) is 0.405. The second kappa shape index (κ2) is 10.9. The molecule has 3 aromatic carbocycles. The second-order valence-electron chi connectivity index (χ2n) is 13.8. The normalized spacial score (nSPS) is 32.9. The lowest BCUT2D eigenvalue weighted by molar-refractivity contribution is -0.144. The van der Waals surface area contributed by atoms with E-state index < -0.39 is 45.2 Å². The number of aromatic hydroxyl groups is 1. The monoisotopic (exact) mass is 671 g/mol. The van der Waals surface area contributed by atoms with Crippen LogP contribution in [0.15, 0.2) is 78.4 Å². The van der Waals surface area contributed by atoms with Crippen LogP contribution in [0.25, 0.3) is 10.8 Å². The first kappa shape index (κ1) is 30.6. The second-order valence-corrected chi connectivity index (χ2v) is 15.0. The highest BCUT2D eigenvalue weighted by Gasteiger charge is 2.76. The predicted molar refractivity (Wildman–Crippen MR) is 178 cm³/mol. The van der Waals surface area contributed by atoms with E-state index in [1.165, 1.54) is 17.5 Å². The third kappa shape index (κ3) is 4.23. The van der Waals surface area contributed by atoms with Gasteiger partial charge in [0.2, 0.25) is 11.8 Å². The lowest BCUT2D eigenvalue weighted by atomic mass is 9.56. The van der Waals surface area contributed by atoms with E-state index in [2.05, 4.69) is 17.0 Å². The number of likely N-dealkylation sites (tertiary alicyclic amines) is 3. The highest BCUT2D eigenvalue weighted by molar-refractivity contribution is 6.53.